The molecular weight excluding hydrogens is 271 g/mol. The van der Waals surface area contributed by atoms with E-state index in [1.807, 2.05) is 0 Å². The van der Waals surface area contributed by atoms with Crippen LogP contribution >= 0.6 is 0 Å². The number of sulfonamides is 1. The van der Waals surface area contributed by atoms with Crippen molar-refractivity contribution >= 4 is 15.7 Å². The van der Waals surface area contributed by atoms with Gasteiger partial charge in [-0.3, -0.25) is 0 Å². The minimum atomic E-state index is -3.78. The normalized spacial score (nSPS) is 11.9. The van der Waals surface area contributed by atoms with Crippen molar-refractivity contribution in [2.45, 2.75) is 11.4 Å². The predicted octanol–water partition coefficient (Wildman–Crippen LogP) is 1.82. The van der Waals surface area contributed by atoms with Crippen LogP contribution in [0.1, 0.15) is 5.76 Å². The highest BCUT2D eigenvalue weighted by Gasteiger charge is 2.24. The minimum Gasteiger partial charge on any atom is -0.468 e. The highest BCUT2D eigenvalue weighted by Crippen LogP contribution is 2.23. The van der Waals surface area contributed by atoms with Gasteiger partial charge in [-0.2, -0.15) is 4.31 Å². The molecule has 0 fully saturated rings. The molecule has 0 spiro atoms. The molecule has 19 heavy (non-hydrogen) atoms. The molecule has 0 atom stereocenters. The minimum absolute atomic E-state index is 0.0755. The van der Waals surface area contributed by atoms with E-state index in [9.17, 15) is 12.8 Å². The largest absolute Gasteiger partial charge is 0.468 e. The van der Waals surface area contributed by atoms with Crippen LogP contribution in [0.25, 0.3) is 0 Å². The van der Waals surface area contributed by atoms with Crippen molar-refractivity contribution < 1.29 is 17.2 Å². The molecule has 0 saturated carbocycles. The van der Waals surface area contributed by atoms with Crippen molar-refractivity contribution in [1.82, 2.24) is 4.31 Å². The van der Waals surface area contributed by atoms with Gasteiger partial charge in [-0.25, -0.2) is 12.8 Å². The van der Waals surface area contributed by atoms with Gasteiger partial charge < -0.3 is 10.2 Å². The number of halogens is 1. The summed E-state index contributed by atoms with van der Waals surface area (Å²) in [6.45, 7) is 0.0755. The first-order valence-electron chi connectivity index (χ1n) is 5.45. The Morgan fingerprint density at radius 3 is 2.68 bits per heavy atom. The van der Waals surface area contributed by atoms with Crippen LogP contribution in [0, 0.1) is 5.82 Å². The smallest absolute Gasteiger partial charge is 0.245 e. The molecule has 0 radical (unpaired) electrons. The lowest BCUT2D eigenvalue weighted by molar-refractivity contribution is 0.406. The van der Waals surface area contributed by atoms with Crippen molar-refractivity contribution in [1.29, 1.82) is 0 Å². The second kappa shape index (κ2) is 5.02. The van der Waals surface area contributed by atoms with Crippen LogP contribution in [0.2, 0.25) is 0 Å². The maximum Gasteiger partial charge on any atom is 0.245 e. The van der Waals surface area contributed by atoms with E-state index in [0.29, 0.717) is 5.76 Å². The Hall–Kier alpha value is -1.86. The SMILES string of the molecule is CN(Cc1ccco1)S(=O)(=O)c1ccc(F)cc1N. The van der Waals surface area contributed by atoms with Gasteiger partial charge in [0.15, 0.2) is 0 Å². The Labute approximate surface area is 110 Å². The lowest BCUT2D eigenvalue weighted by atomic mass is 10.3. The molecule has 0 aliphatic carbocycles. The number of nitrogens with zero attached hydrogens (tertiary/aromatic N) is 1. The number of hydrogen-bond donors (Lipinski definition) is 1. The van der Waals surface area contributed by atoms with Gasteiger partial charge in [0.2, 0.25) is 10.0 Å². The molecule has 102 valence electrons. The molecule has 0 bridgehead atoms. The molecule has 0 amide bonds. The summed E-state index contributed by atoms with van der Waals surface area (Å²) in [6.07, 6.45) is 1.46. The van der Waals surface area contributed by atoms with Crippen molar-refractivity contribution in [3.63, 3.8) is 0 Å². The highest BCUT2D eigenvalue weighted by molar-refractivity contribution is 7.89. The lowest BCUT2D eigenvalue weighted by Crippen LogP contribution is -2.27. The zero-order chi connectivity index (χ0) is 14.0. The number of hydrogen-bond acceptors (Lipinski definition) is 4. The van der Waals surface area contributed by atoms with E-state index < -0.39 is 15.8 Å². The second-order valence-electron chi connectivity index (χ2n) is 4.02. The molecular formula is C12H13FN2O3S. The van der Waals surface area contributed by atoms with Gasteiger partial charge >= 0.3 is 0 Å². The Morgan fingerprint density at radius 1 is 1.37 bits per heavy atom. The van der Waals surface area contributed by atoms with Gasteiger partial charge in [-0.15, -0.1) is 0 Å². The number of benzene rings is 1. The summed E-state index contributed by atoms with van der Waals surface area (Å²) in [5, 5.41) is 0. The molecule has 0 unspecified atom stereocenters. The predicted molar refractivity (Wildman–Crippen MR) is 68.2 cm³/mol. The lowest BCUT2D eigenvalue weighted by Gasteiger charge is -2.17. The molecule has 2 N–H and O–H groups in total. The van der Waals surface area contributed by atoms with Crippen LogP contribution in [0.15, 0.2) is 45.9 Å². The second-order valence-corrected chi connectivity index (χ2v) is 6.04. The number of anilines is 1. The molecule has 0 saturated heterocycles. The van der Waals surface area contributed by atoms with Crippen molar-refractivity contribution in [2.24, 2.45) is 0 Å². The van der Waals surface area contributed by atoms with E-state index in [-0.39, 0.29) is 17.1 Å². The molecule has 2 aromatic rings. The summed E-state index contributed by atoms with van der Waals surface area (Å²) in [4.78, 5) is -0.122. The van der Waals surface area contributed by atoms with Crippen LogP contribution in [0.5, 0.6) is 0 Å². The molecule has 5 nitrogen and oxygen atoms in total. The van der Waals surface area contributed by atoms with Gasteiger partial charge in [0, 0.05) is 7.05 Å². The summed E-state index contributed by atoms with van der Waals surface area (Å²) in [5.41, 5.74) is 5.43. The third-order valence-electron chi connectivity index (χ3n) is 2.62. The van der Waals surface area contributed by atoms with Crippen LogP contribution in [-0.2, 0) is 16.6 Å². The van der Waals surface area contributed by atoms with E-state index >= 15 is 0 Å². The fraction of sp³-hybridized carbons (Fsp3) is 0.167. The third-order valence-corrected chi connectivity index (χ3v) is 4.50. The summed E-state index contributed by atoms with van der Waals surface area (Å²) >= 11 is 0. The molecule has 1 aromatic carbocycles. The fourth-order valence-corrected chi connectivity index (χ4v) is 2.86. The molecule has 1 heterocycles. The van der Waals surface area contributed by atoms with Gasteiger partial charge in [0.1, 0.15) is 16.5 Å². The molecule has 7 heteroatoms. The van der Waals surface area contributed by atoms with Gasteiger partial charge in [-0.05, 0) is 30.3 Å². The standard InChI is InChI=1S/C12H13FN2O3S/c1-15(8-10-3-2-6-18-10)19(16,17)12-5-4-9(13)7-11(12)14/h2-7H,8,14H2,1H3. The Kier molecular flexibility index (Phi) is 3.59. The van der Waals surface area contributed by atoms with E-state index in [4.69, 9.17) is 10.2 Å². The first kappa shape index (κ1) is 13.6. The average molecular weight is 284 g/mol. The molecule has 0 aliphatic heterocycles. The fourth-order valence-electron chi connectivity index (χ4n) is 1.63. The van der Waals surface area contributed by atoms with Gasteiger partial charge in [0.05, 0.1) is 18.5 Å². The zero-order valence-electron chi connectivity index (χ0n) is 10.2. The summed E-state index contributed by atoms with van der Waals surface area (Å²) < 4.78 is 43.7. The number of furan rings is 1. The molecule has 0 aliphatic rings. The maximum atomic E-state index is 12.9. The number of rotatable bonds is 4. The Bertz CT molecular complexity index is 668. The van der Waals surface area contributed by atoms with Crippen molar-refractivity contribution in [3.8, 4) is 0 Å². The third kappa shape index (κ3) is 2.77. The zero-order valence-corrected chi connectivity index (χ0v) is 11.0. The van der Waals surface area contributed by atoms with Crippen LogP contribution in [0.4, 0.5) is 10.1 Å². The number of nitrogens with two attached hydrogens (primary N) is 1. The molecule has 2 rings (SSSR count). The van der Waals surface area contributed by atoms with Crippen LogP contribution in [-0.4, -0.2) is 19.8 Å². The van der Waals surface area contributed by atoms with Crippen molar-refractivity contribution in [3.05, 3.63) is 48.2 Å². The van der Waals surface area contributed by atoms with Gasteiger partial charge in [-0.1, -0.05) is 0 Å². The van der Waals surface area contributed by atoms with Gasteiger partial charge in [0.25, 0.3) is 0 Å². The summed E-state index contributed by atoms with van der Waals surface area (Å²) in [7, 11) is -2.38. The Balaban J connectivity index is 2.31. The molecule has 1 aromatic heterocycles. The Morgan fingerprint density at radius 2 is 2.11 bits per heavy atom. The van der Waals surface area contributed by atoms with E-state index in [1.165, 1.54) is 13.3 Å². The van der Waals surface area contributed by atoms with Crippen molar-refractivity contribution in [2.75, 3.05) is 12.8 Å². The quantitative estimate of drug-likeness (QED) is 0.869. The van der Waals surface area contributed by atoms with E-state index in [0.717, 1.165) is 22.5 Å². The van der Waals surface area contributed by atoms with E-state index in [2.05, 4.69) is 0 Å². The first-order valence-corrected chi connectivity index (χ1v) is 6.89. The average Bonchev–Trinajstić information content (AvgIpc) is 2.81. The summed E-state index contributed by atoms with van der Waals surface area (Å²) in [5.74, 6) is -0.0723. The topological polar surface area (TPSA) is 76.5 Å². The monoisotopic (exact) mass is 284 g/mol. The number of nitrogen functional groups attached to an aromatic ring is 1. The van der Waals surface area contributed by atoms with E-state index in [1.54, 1.807) is 12.1 Å². The highest BCUT2D eigenvalue weighted by atomic mass is 32.2. The van der Waals surface area contributed by atoms with Crippen LogP contribution < -0.4 is 5.73 Å². The maximum absolute atomic E-state index is 12.9. The summed E-state index contributed by atoms with van der Waals surface area (Å²) in [6, 6.07) is 6.53. The first-order chi connectivity index (χ1) is 8.91. The van der Waals surface area contributed by atoms with Crippen LogP contribution in [0.3, 0.4) is 0 Å².